The predicted octanol–water partition coefficient (Wildman–Crippen LogP) is -0.468. The van der Waals surface area contributed by atoms with Crippen LogP contribution in [0.15, 0.2) is 12.4 Å². The number of rotatable bonds is 4. The van der Waals surface area contributed by atoms with E-state index >= 15 is 0 Å². The number of aliphatic hydroxyl groups excluding tert-OH is 1. The fourth-order valence-corrected chi connectivity index (χ4v) is 3.38. The SMILES string of the molecule is Cc1cnn(CC(=O)N[C@@H]2CC[C@@H](N3CCOCC3)[C@@H]2O)c1. The van der Waals surface area contributed by atoms with Crippen molar-refractivity contribution in [1.82, 2.24) is 20.0 Å². The Bertz CT molecular complexity index is 513. The van der Waals surface area contributed by atoms with E-state index in [1.54, 1.807) is 10.9 Å². The maximum atomic E-state index is 12.1. The lowest BCUT2D eigenvalue weighted by Gasteiger charge is -2.34. The molecule has 3 atom stereocenters. The number of aryl methyl sites for hydroxylation is 1. The van der Waals surface area contributed by atoms with E-state index in [0.29, 0.717) is 0 Å². The molecule has 0 aromatic carbocycles. The fraction of sp³-hybridized carbons (Fsp3) is 0.733. The lowest BCUT2D eigenvalue weighted by Crippen LogP contribution is -2.51. The van der Waals surface area contributed by atoms with Crippen molar-refractivity contribution < 1.29 is 14.6 Å². The molecule has 0 unspecified atom stereocenters. The van der Waals surface area contributed by atoms with Crippen LogP contribution in [0, 0.1) is 6.92 Å². The summed E-state index contributed by atoms with van der Waals surface area (Å²) in [7, 11) is 0. The van der Waals surface area contributed by atoms with E-state index in [-0.39, 0.29) is 24.5 Å². The standard InChI is InChI=1S/C15H24N4O3/c1-11-8-16-19(9-11)10-14(20)17-12-2-3-13(15(12)21)18-4-6-22-7-5-18/h8-9,12-13,15,21H,2-7,10H2,1H3,(H,17,20)/t12-,13-,15-/m1/s1. The number of aliphatic hydroxyl groups is 1. The van der Waals surface area contributed by atoms with Gasteiger partial charge in [0.2, 0.25) is 5.91 Å². The minimum absolute atomic E-state index is 0.102. The molecule has 2 heterocycles. The zero-order chi connectivity index (χ0) is 15.5. The maximum absolute atomic E-state index is 12.1. The number of hydrogen-bond acceptors (Lipinski definition) is 5. The first-order valence-electron chi connectivity index (χ1n) is 7.92. The van der Waals surface area contributed by atoms with E-state index in [9.17, 15) is 9.90 Å². The van der Waals surface area contributed by atoms with E-state index in [2.05, 4.69) is 15.3 Å². The van der Waals surface area contributed by atoms with Gasteiger partial charge in [-0.1, -0.05) is 0 Å². The molecule has 1 aromatic heterocycles. The second-order valence-electron chi connectivity index (χ2n) is 6.17. The first-order chi connectivity index (χ1) is 10.6. The Morgan fingerprint density at radius 3 is 2.91 bits per heavy atom. The van der Waals surface area contributed by atoms with Gasteiger partial charge in [-0.05, 0) is 25.3 Å². The number of nitrogens with zero attached hydrogens (tertiary/aromatic N) is 3. The molecule has 7 nitrogen and oxygen atoms in total. The average Bonchev–Trinajstić information content (AvgIpc) is 3.07. The zero-order valence-corrected chi connectivity index (χ0v) is 12.9. The molecule has 1 aromatic rings. The van der Waals surface area contributed by atoms with Crippen LogP contribution in [-0.2, 0) is 16.1 Å². The molecule has 1 aliphatic carbocycles. The number of amides is 1. The summed E-state index contributed by atoms with van der Waals surface area (Å²) >= 11 is 0. The highest BCUT2D eigenvalue weighted by Gasteiger charge is 2.39. The highest BCUT2D eigenvalue weighted by Crippen LogP contribution is 2.25. The number of ether oxygens (including phenoxy) is 1. The van der Waals surface area contributed by atoms with Gasteiger partial charge in [0.15, 0.2) is 0 Å². The van der Waals surface area contributed by atoms with Gasteiger partial charge < -0.3 is 15.2 Å². The summed E-state index contributed by atoms with van der Waals surface area (Å²) < 4.78 is 6.97. The smallest absolute Gasteiger partial charge is 0.242 e. The van der Waals surface area contributed by atoms with Crippen LogP contribution in [0.5, 0.6) is 0 Å². The molecule has 1 saturated carbocycles. The number of carbonyl (C=O) groups is 1. The number of morpholine rings is 1. The Hall–Kier alpha value is -1.44. The van der Waals surface area contributed by atoms with Gasteiger partial charge in [0.1, 0.15) is 6.54 Å². The molecule has 2 aliphatic rings. The minimum atomic E-state index is -0.513. The van der Waals surface area contributed by atoms with Crippen molar-refractivity contribution in [2.45, 2.75) is 44.5 Å². The van der Waals surface area contributed by atoms with Gasteiger partial charge in [0.25, 0.3) is 0 Å². The molecular formula is C15H24N4O3. The summed E-state index contributed by atoms with van der Waals surface area (Å²) in [5.41, 5.74) is 1.03. The van der Waals surface area contributed by atoms with Crippen molar-refractivity contribution in [1.29, 1.82) is 0 Å². The fourth-order valence-electron chi connectivity index (χ4n) is 3.38. The van der Waals surface area contributed by atoms with E-state index in [1.807, 2.05) is 13.1 Å². The van der Waals surface area contributed by atoms with E-state index in [0.717, 1.165) is 44.7 Å². The van der Waals surface area contributed by atoms with Crippen LogP contribution >= 0.6 is 0 Å². The van der Waals surface area contributed by atoms with Crippen molar-refractivity contribution in [3.63, 3.8) is 0 Å². The lowest BCUT2D eigenvalue weighted by atomic mass is 10.1. The first kappa shape index (κ1) is 15.5. The largest absolute Gasteiger partial charge is 0.389 e. The molecule has 0 bridgehead atoms. The van der Waals surface area contributed by atoms with Crippen molar-refractivity contribution in [2.24, 2.45) is 0 Å². The number of aromatic nitrogens is 2. The minimum Gasteiger partial charge on any atom is -0.389 e. The number of nitrogens with one attached hydrogen (secondary N) is 1. The van der Waals surface area contributed by atoms with Crippen LogP contribution in [0.4, 0.5) is 0 Å². The summed E-state index contributed by atoms with van der Waals surface area (Å²) in [6.07, 6.45) is 4.77. The van der Waals surface area contributed by atoms with E-state index < -0.39 is 6.10 Å². The maximum Gasteiger partial charge on any atom is 0.242 e. The van der Waals surface area contributed by atoms with Gasteiger partial charge >= 0.3 is 0 Å². The molecule has 122 valence electrons. The first-order valence-corrected chi connectivity index (χ1v) is 7.92. The third-order valence-electron chi connectivity index (χ3n) is 4.51. The van der Waals surface area contributed by atoms with Crippen LogP contribution in [0.1, 0.15) is 18.4 Å². The number of carbonyl (C=O) groups excluding carboxylic acids is 1. The lowest BCUT2D eigenvalue weighted by molar-refractivity contribution is -0.123. The van der Waals surface area contributed by atoms with Gasteiger partial charge in [0.05, 0.1) is 31.6 Å². The Morgan fingerprint density at radius 1 is 1.45 bits per heavy atom. The molecule has 1 saturated heterocycles. The monoisotopic (exact) mass is 308 g/mol. The van der Waals surface area contributed by atoms with Gasteiger partial charge in [-0.2, -0.15) is 5.10 Å². The Labute approximate surface area is 130 Å². The summed E-state index contributed by atoms with van der Waals surface area (Å²) in [6.45, 7) is 5.29. The van der Waals surface area contributed by atoms with Crippen LogP contribution in [0.25, 0.3) is 0 Å². The van der Waals surface area contributed by atoms with Gasteiger partial charge in [0, 0.05) is 25.3 Å². The normalized spacial score (nSPS) is 29.6. The summed E-state index contributed by atoms with van der Waals surface area (Å²) in [6, 6.07) is -0.0434. The van der Waals surface area contributed by atoms with Crippen LogP contribution in [0.3, 0.4) is 0 Å². The molecule has 0 spiro atoms. The third kappa shape index (κ3) is 3.48. The van der Waals surface area contributed by atoms with Gasteiger partial charge in [-0.15, -0.1) is 0 Å². The van der Waals surface area contributed by atoms with Crippen LogP contribution in [0.2, 0.25) is 0 Å². The Balaban J connectivity index is 1.51. The van der Waals surface area contributed by atoms with Crippen molar-refractivity contribution in [2.75, 3.05) is 26.3 Å². The molecule has 22 heavy (non-hydrogen) atoms. The highest BCUT2D eigenvalue weighted by molar-refractivity contribution is 5.76. The van der Waals surface area contributed by atoms with Crippen molar-refractivity contribution >= 4 is 5.91 Å². The van der Waals surface area contributed by atoms with Crippen molar-refractivity contribution in [3.05, 3.63) is 18.0 Å². The van der Waals surface area contributed by atoms with Gasteiger partial charge in [-0.25, -0.2) is 0 Å². The molecule has 3 rings (SSSR count). The second kappa shape index (κ2) is 6.76. The van der Waals surface area contributed by atoms with Crippen LogP contribution < -0.4 is 5.32 Å². The molecule has 2 N–H and O–H groups in total. The predicted molar refractivity (Wildman–Crippen MR) is 80.3 cm³/mol. The molecule has 7 heteroatoms. The topological polar surface area (TPSA) is 79.6 Å². The second-order valence-corrected chi connectivity index (χ2v) is 6.17. The summed E-state index contributed by atoms with van der Waals surface area (Å²) in [5.74, 6) is -0.102. The summed E-state index contributed by atoms with van der Waals surface area (Å²) in [5, 5.41) is 17.6. The van der Waals surface area contributed by atoms with E-state index in [4.69, 9.17) is 4.74 Å². The molecule has 1 aliphatic heterocycles. The Morgan fingerprint density at radius 2 is 2.23 bits per heavy atom. The third-order valence-corrected chi connectivity index (χ3v) is 4.51. The zero-order valence-electron chi connectivity index (χ0n) is 12.9. The summed E-state index contributed by atoms with van der Waals surface area (Å²) in [4.78, 5) is 14.4. The Kier molecular flexibility index (Phi) is 4.75. The van der Waals surface area contributed by atoms with Crippen molar-refractivity contribution in [3.8, 4) is 0 Å². The number of hydrogen-bond donors (Lipinski definition) is 2. The van der Waals surface area contributed by atoms with Crippen LogP contribution in [-0.4, -0.2) is 70.2 Å². The molecule has 1 amide bonds. The quantitative estimate of drug-likeness (QED) is 0.786. The van der Waals surface area contributed by atoms with Gasteiger partial charge in [-0.3, -0.25) is 14.4 Å². The van der Waals surface area contributed by atoms with E-state index in [1.165, 1.54) is 0 Å². The highest BCUT2D eigenvalue weighted by atomic mass is 16.5. The average molecular weight is 308 g/mol. The molecule has 2 fully saturated rings. The molecule has 0 radical (unpaired) electrons. The molecular weight excluding hydrogens is 284 g/mol.